The van der Waals surface area contributed by atoms with Crippen LogP contribution in [-0.4, -0.2) is 23.1 Å². The molecule has 0 aliphatic heterocycles. The summed E-state index contributed by atoms with van der Waals surface area (Å²) in [5.74, 6) is -0.401. The molecule has 3 N–H and O–H groups in total. The van der Waals surface area contributed by atoms with Crippen LogP contribution in [0.25, 0.3) is 0 Å². The Morgan fingerprint density at radius 1 is 1.12 bits per heavy atom. The number of amides is 2. The van der Waals surface area contributed by atoms with Gasteiger partial charge in [-0.25, -0.2) is 5.43 Å². The summed E-state index contributed by atoms with van der Waals surface area (Å²) in [6.45, 7) is 1.92. The van der Waals surface area contributed by atoms with Crippen molar-refractivity contribution in [3.63, 3.8) is 0 Å². The highest BCUT2D eigenvalue weighted by molar-refractivity contribution is 14.1. The highest BCUT2D eigenvalue weighted by atomic mass is 127. The van der Waals surface area contributed by atoms with Crippen LogP contribution in [0, 0.1) is 10.5 Å². The van der Waals surface area contributed by atoms with Crippen molar-refractivity contribution in [3.05, 3.63) is 57.2 Å². The molecule has 2 aromatic rings. The molecule has 2 amide bonds. The minimum Gasteiger partial charge on any atom is -0.508 e. The lowest BCUT2D eigenvalue weighted by Crippen LogP contribution is -2.20. The first-order chi connectivity index (χ1) is 11.9. The molecule has 0 radical (unpaired) electrons. The Hall–Kier alpha value is -2.42. The molecule has 0 aliphatic carbocycles. The van der Waals surface area contributed by atoms with Gasteiger partial charge in [0.25, 0.3) is 0 Å². The predicted octanol–water partition coefficient (Wildman–Crippen LogP) is 3.17. The molecule has 0 atom stereocenters. The zero-order valence-electron chi connectivity index (χ0n) is 13.6. The molecule has 0 bridgehead atoms. The SMILES string of the molecule is Cc1cc(I)ccc1NC(=O)CCC(=O)NN=Cc1ccc(O)cc1. The number of nitrogens with one attached hydrogen (secondary N) is 2. The Bertz CT molecular complexity index is 789. The number of anilines is 1. The number of rotatable bonds is 6. The maximum absolute atomic E-state index is 11.9. The van der Waals surface area contributed by atoms with E-state index in [1.165, 1.54) is 18.3 Å². The fraction of sp³-hybridized carbons (Fsp3) is 0.167. The van der Waals surface area contributed by atoms with Crippen LogP contribution in [0.2, 0.25) is 0 Å². The number of aryl methyl sites for hydroxylation is 1. The number of hydrazone groups is 1. The molecule has 0 saturated heterocycles. The van der Waals surface area contributed by atoms with E-state index in [1.54, 1.807) is 12.1 Å². The number of carbonyl (C=O) groups excluding carboxylic acids is 2. The fourth-order valence-corrected chi connectivity index (χ4v) is 2.65. The summed E-state index contributed by atoms with van der Waals surface area (Å²) in [6.07, 6.45) is 1.58. The lowest BCUT2D eigenvalue weighted by atomic mass is 10.2. The molecular formula is C18H18IN3O3. The first-order valence-corrected chi connectivity index (χ1v) is 8.69. The van der Waals surface area contributed by atoms with Gasteiger partial charge < -0.3 is 10.4 Å². The van der Waals surface area contributed by atoms with E-state index in [2.05, 4.69) is 38.4 Å². The van der Waals surface area contributed by atoms with Crippen molar-refractivity contribution in [1.29, 1.82) is 0 Å². The van der Waals surface area contributed by atoms with E-state index in [-0.39, 0.29) is 30.4 Å². The van der Waals surface area contributed by atoms with Gasteiger partial charge in [0, 0.05) is 22.1 Å². The molecule has 7 heteroatoms. The summed E-state index contributed by atoms with van der Waals surface area (Å²) < 4.78 is 1.10. The normalized spacial score (nSPS) is 10.6. The molecule has 0 unspecified atom stereocenters. The lowest BCUT2D eigenvalue weighted by Gasteiger charge is -2.08. The van der Waals surface area contributed by atoms with Gasteiger partial charge in [-0.05, 0) is 83.1 Å². The van der Waals surface area contributed by atoms with E-state index in [4.69, 9.17) is 0 Å². The smallest absolute Gasteiger partial charge is 0.240 e. The summed E-state index contributed by atoms with van der Waals surface area (Å²) in [7, 11) is 0. The Morgan fingerprint density at radius 3 is 2.48 bits per heavy atom. The highest BCUT2D eigenvalue weighted by Crippen LogP contribution is 2.18. The molecule has 2 aromatic carbocycles. The minimum atomic E-state index is -0.343. The van der Waals surface area contributed by atoms with Crippen molar-refractivity contribution >= 4 is 46.3 Å². The number of nitrogens with zero attached hydrogens (tertiary/aromatic N) is 1. The average Bonchev–Trinajstić information content (AvgIpc) is 2.57. The molecule has 0 heterocycles. The molecule has 6 nitrogen and oxygen atoms in total. The molecule has 0 fully saturated rings. The van der Waals surface area contributed by atoms with E-state index < -0.39 is 0 Å². The molecule has 130 valence electrons. The van der Waals surface area contributed by atoms with E-state index >= 15 is 0 Å². The topological polar surface area (TPSA) is 90.8 Å². The second kappa shape index (κ2) is 9.16. The Kier molecular flexibility index (Phi) is 6.93. The standard InChI is InChI=1S/C18H18IN3O3/c1-12-10-14(19)4-7-16(12)21-17(24)8-9-18(25)22-20-11-13-2-5-15(23)6-3-13/h2-7,10-11,23H,8-9H2,1H3,(H,21,24)(H,22,25). The minimum absolute atomic E-state index is 0.0438. The van der Waals surface area contributed by atoms with Gasteiger partial charge in [-0.2, -0.15) is 5.10 Å². The third kappa shape index (κ3) is 6.54. The maximum atomic E-state index is 11.9. The van der Waals surface area contributed by atoms with Gasteiger partial charge in [0.05, 0.1) is 6.21 Å². The number of carbonyl (C=O) groups is 2. The van der Waals surface area contributed by atoms with Crippen LogP contribution < -0.4 is 10.7 Å². The number of hydrogen-bond donors (Lipinski definition) is 3. The van der Waals surface area contributed by atoms with Gasteiger partial charge in [0.2, 0.25) is 11.8 Å². The van der Waals surface area contributed by atoms with Gasteiger partial charge in [-0.3, -0.25) is 9.59 Å². The van der Waals surface area contributed by atoms with Gasteiger partial charge in [-0.15, -0.1) is 0 Å². The average molecular weight is 451 g/mol. The van der Waals surface area contributed by atoms with Crippen molar-refractivity contribution in [2.45, 2.75) is 19.8 Å². The van der Waals surface area contributed by atoms with Gasteiger partial charge in [0.15, 0.2) is 0 Å². The van der Waals surface area contributed by atoms with E-state index in [1.807, 2.05) is 25.1 Å². The van der Waals surface area contributed by atoms with Gasteiger partial charge in [-0.1, -0.05) is 0 Å². The highest BCUT2D eigenvalue weighted by Gasteiger charge is 2.08. The Morgan fingerprint density at radius 2 is 1.80 bits per heavy atom. The van der Waals surface area contributed by atoms with Crippen LogP contribution in [0.1, 0.15) is 24.0 Å². The van der Waals surface area contributed by atoms with Crippen LogP contribution in [-0.2, 0) is 9.59 Å². The number of phenolic OH excluding ortho intramolecular Hbond substituents is 1. The fourth-order valence-electron chi connectivity index (χ4n) is 2.00. The van der Waals surface area contributed by atoms with Gasteiger partial charge in [0.1, 0.15) is 5.75 Å². The summed E-state index contributed by atoms with van der Waals surface area (Å²) in [4.78, 5) is 23.6. The molecule has 0 spiro atoms. The number of phenols is 1. The van der Waals surface area contributed by atoms with Gasteiger partial charge >= 0.3 is 0 Å². The van der Waals surface area contributed by atoms with Crippen molar-refractivity contribution in [1.82, 2.24) is 5.43 Å². The van der Waals surface area contributed by atoms with Crippen LogP contribution in [0.15, 0.2) is 47.6 Å². The van der Waals surface area contributed by atoms with Crippen LogP contribution in [0.3, 0.4) is 0 Å². The largest absolute Gasteiger partial charge is 0.508 e. The number of halogens is 1. The summed E-state index contributed by atoms with van der Waals surface area (Å²) in [6, 6.07) is 12.1. The Labute approximate surface area is 159 Å². The summed E-state index contributed by atoms with van der Waals surface area (Å²) in [5, 5.41) is 15.8. The van der Waals surface area contributed by atoms with Crippen LogP contribution >= 0.6 is 22.6 Å². The van der Waals surface area contributed by atoms with E-state index in [0.29, 0.717) is 0 Å². The molecule has 0 aliphatic rings. The van der Waals surface area contributed by atoms with Crippen molar-refractivity contribution in [3.8, 4) is 5.75 Å². The summed E-state index contributed by atoms with van der Waals surface area (Å²) >= 11 is 2.21. The third-order valence-corrected chi connectivity index (χ3v) is 4.01. The van der Waals surface area contributed by atoms with Crippen LogP contribution in [0.4, 0.5) is 5.69 Å². The zero-order chi connectivity index (χ0) is 18.2. The van der Waals surface area contributed by atoms with Crippen molar-refractivity contribution in [2.75, 3.05) is 5.32 Å². The lowest BCUT2D eigenvalue weighted by molar-refractivity contribution is -0.124. The van der Waals surface area contributed by atoms with Crippen molar-refractivity contribution in [2.24, 2.45) is 5.10 Å². The molecule has 2 rings (SSSR count). The second-order valence-electron chi connectivity index (χ2n) is 5.39. The molecular weight excluding hydrogens is 433 g/mol. The monoisotopic (exact) mass is 451 g/mol. The first-order valence-electron chi connectivity index (χ1n) is 7.61. The zero-order valence-corrected chi connectivity index (χ0v) is 15.8. The third-order valence-electron chi connectivity index (χ3n) is 3.34. The van der Waals surface area contributed by atoms with E-state index in [9.17, 15) is 14.7 Å². The first kappa shape index (κ1) is 18.9. The van der Waals surface area contributed by atoms with Crippen molar-refractivity contribution < 1.29 is 14.7 Å². The number of benzene rings is 2. The van der Waals surface area contributed by atoms with E-state index in [0.717, 1.165) is 20.4 Å². The van der Waals surface area contributed by atoms with Crippen LogP contribution in [0.5, 0.6) is 5.75 Å². The second-order valence-corrected chi connectivity index (χ2v) is 6.64. The predicted molar refractivity (Wildman–Crippen MR) is 106 cm³/mol. The number of hydrogen-bond acceptors (Lipinski definition) is 4. The Balaban J connectivity index is 1.75. The quantitative estimate of drug-likeness (QED) is 0.358. The summed E-state index contributed by atoms with van der Waals surface area (Å²) in [5.41, 5.74) is 4.83. The molecule has 0 aromatic heterocycles. The maximum Gasteiger partial charge on any atom is 0.240 e. The number of aromatic hydroxyl groups is 1. The molecule has 25 heavy (non-hydrogen) atoms. The molecule has 0 saturated carbocycles.